The predicted octanol–water partition coefficient (Wildman–Crippen LogP) is 2.93. The monoisotopic (exact) mass is 215 g/mol. The van der Waals surface area contributed by atoms with Crippen molar-refractivity contribution >= 4 is 5.97 Å². The van der Waals surface area contributed by atoms with Gasteiger partial charge < -0.3 is 10.8 Å². The molecule has 0 aliphatic carbocycles. The van der Waals surface area contributed by atoms with Gasteiger partial charge in [0, 0.05) is 6.04 Å². The first-order valence-electron chi connectivity index (χ1n) is 6.14. The Balaban J connectivity index is 3.13. The van der Waals surface area contributed by atoms with Gasteiger partial charge in [-0.3, -0.25) is 4.79 Å². The molecule has 0 radical (unpaired) electrons. The third kappa shape index (κ3) is 11.4. The lowest BCUT2D eigenvalue weighted by atomic mass is 10.0. The molecule has 0 aromatic heterocycles. The van der Waals surface area contributed by atoms with Crippen LogP contribution in [0.4, 0.5) is 0 Å². The average molecular weight is 215 g/mol. The molecule has 1 atom stereocenters. The third-order valence-electron chi connectivity index (χ3n) is 2.62. The van der Waals surface area contributed by atoms with E-state index in [0.29, 0.717) is 0 Å². The van der Waals surface area contributed by atoms with E-state index >= 15 is 0 Å². The molecule has 3 heteroatoms. The number of hydrogen-bond acceptors (Lipinski definition) is 2. The summed E-state index contributed by atoms with van der Waals surface area (Å²) in [6.07, 6.45) is 9.73. The van der Waals surface area contributed by atoms with E-state index in [1.54, 1.807) is 0 Å². The quantitative estimate of drug-likeness (QED) is 0.551. The first kappa shape index (κ1) is 14.4. The van der Waals surface area contributed by atoms with Crippen molar-refractivity contribution in [3.8, 4) is 0 Å². The van der Waals surface area contributed by atoms with Crippen molar-refractivity contribution in [1.29, 1.82) is 0 Å². The van der Waals surface area contributed by atoms with Crippen LogP contribution in [0, 0.1) is 0 Å². The second-order valence-corrected chi connectivity index (χ2v) is 4.27. The lowest BCUT2D eigenvalue weighted by molar-refractivity contribution is -0.137. The number of nitrogens with two attached hydrogens (primary N) is 1. The Morgan fingerprint density at radius 2 is 1.67 bits per heavy atom. The molecule has 90 valence electrons. The molecule has 0 fully saturated rings. The van der Waals surface area contributed by atoms with Crippen LogP contribution in [0.15, 0.2) is 0 Å². The topological polar surface area (TPSA) is 63.3 Å². The van der Waals surface area contributed by atoms with Gasteiger partial charge in [-0.15, -0.1) is 0 Å². The van der Waals surface area contributed by atoms with Crippen molar-refractivity contribution < 1.29 is 9.90 Å². The molecule has 0 saturated heterocycles. The van der Waals surface area contributed by atoms with E-state index in [-0.39, 0.29) is 12.5 Å². The minimum atomic E-state index is -0.787. The number of hydrogen-bond donors (Lipinski definition) is 2. The molecule has 3 N–H and O–H groups in total. The highest BCUT2D eigenvalue weighted by Crippen LogP contribution is 2.10. The first-order chi connectivity index (χ1) is 7.16. The highest BCUT2D eigenvalue weighted by atomic mass is 16.4. The van der Waals surface area contributed by atoms with Gasteiger partial charge in [-0.2, -0.15) is 0 Å². The molecule has 0 heterocycles. The number of carboxylic acids is 1. The van der Waals surface area contributed by atoms with Crippen molar-refractivity contribution in [3.05, 3.63) is 0 Å². The third-order valence-corrected chi connectivity index (χ3v) is 2.62. The molecule has 3 nitrogen and oxygen atoms in total. The normalized spacial score (nSPS) is 12.7. The van der Waals surface area contributed by atoms with Gasteiger partial charge >= 0.3 is 5.97 Å². The van der Waals surface area contributed by atoms with E-state index in [9.17, 15) is 4.79 Å². The molecule has 0 amide bonds. The fraction of sp³-hybridized carbons (Fsp3) is 0.917. The van der Waals surface area contributed by atoms with Crippen LogP contribution >= 0.6 is 0 Å². The number of aliphatic carboxylic acids is 1. The summed E-state index contributed by atoms with van der Waals surface area (Å²) in [7, 11) is 0. The van der Waals surface area contributed by atoms with Gasteiger partial charge in [0.25, 0.3) is 0 Å². The summed E-state index contributed by atoms with van der Waals surface area (Å²) in [5.74, 6) is -0.787. The van der Waals surface area contributed by atoms with Crippen LogP contribution in [-0.2, 0) is 4.79 Å². The maximum absolute atomic E-state index is 10.3. The van der Waals surface area contributed by atoms with Crippen LogP contribution < -0.4 is 5.73 Å². The lowest BCUT2D eigenvalue weighted by Crippen LogP contribution is -2.23. The number of carbonyl (C=O) groups is 1. The molecule has 15 heavy (non-hydrogen) atoms. The van der Waals surface area contributed by atoms with Crippen LogP contribution in [0.2, 0.25) is 0 Å². The number of unbranched alkanes of at least 4 members (excludes halogenated alkanes) is 6. The molecule has 0 aliphatic heterocycles. The van der Waals surface area contributed by atoms with Crippen LogP contribution in [-0.4, -0.2) is 17.1 Å². The molecule has 0 aromatic rings. The average Bonchev–Trinajstić information content (AvgIpc) is 2.15. The van der Waals surface area contributed by atoms with Crippen LogP contribution in [0.25, 0.3) is 0 Å². The molecule has 0 spiro atoms. The first-order valence-corrected chi connectivity index (χ1v) is 6.14. The number of rotatable bonds is 10. The van der Waals surface area contributed by atoms with Crippen molar-refractivity contribution in [2.24, 2.45) is 5.73 Å². The molecular weight excluding hydrogens is 190 g/mol. The summed E-state index contributed by atoms with van der Waals surface area (Å²) in [5, 5.41) is 8.50. The van der Waals surface area contributed by atoms with Crippen molar-refractivity contribution in [1.82, 2.24) is 0 Å². The second kappa shape index (κ2) is 9.97. The largest absolute Gasteiger partial charge is 0.481 e. The zero-order valence-corrected chi connectivity index (χ0v) is 9.87. The highest BCUT2D eigenvalue weighted by Gasteiger charge is 2.06. The van der Waals surface area contributed by atoms with Crippen molar-refractivity contribution in [2.75, 3.05) is 0 Å². The summed E-state index contributed by atoms with van der Waals surface area (Å²) in [6, 6.07) is -0.154. The fourth-order valence-corrected chi connectivity index (χ4v) is 1.69. The highest BCUT2D eigenvalue weighted by molar-refractivity contribution is 5.67. The van der Waals surface area contributed by atoms with Crippen molar-refractivity contribution in [2.45, 2.75) is 70.8 Å². The zero-order chi connectivity index (χ0) is 11.5. The zero-order valence-electron chi connectivity index (χ0n) is 9.87. The molecule has 0 aliphatic rings. The van der Waals surface area contributed by atoms with Crippen LogP contribution in [0.1, 0.15) is 64.7 Å². The Labute approximate surface area is 93.0 Å². The fourth-order valence-electron chi connectivity index (χ4n) is 1.69. The van der Waals surface area contributed by atoms with E-state index in [1.165, 1.54) is 38.5 Å². The van der Waals surface area contributed by atoms with E-state index < -0.39 is 5.97 Å². The van der Waals surface area contributed by atoms with Gasteiger partial charge in [0.2, 0.25) is 0 Å². The molecule has 0 aromatic carbocycles. The SMILES string of the molecule is CCCCCCCCCC(N)CC(=O)O. The smallest absolute Gasteiger partial charge is 0.304 e. The lowest BCUT2D eigenvalue weighted by Gasteiger charge is -2.07. The van der Waals surface area contributed by atoms with Crippen LogP contribution in [0.5, 0.6) is 0 Å². The predicted molar refractivity (Wildman–Crippen MR) is 62.8 cm³/mol. The van der Waals surface area contributed by atoms with E-state index in [1.807, 2.05) is 0 Å². The van der Waals surface area contributed by atoms with Gasteiger partial charge in [0.05, 0.1) is 6.42 Å². The van der Waals surface area contributed by atoms with Gasteiger partial charge in [0.1, 0.15) is 0 Å². The molecular formula is C12H25NO2. The van der Waals surface area contributed by atoms with Crippen LogP contribution in [0.3, 0.4) is 0 Å². The van der Waals surface area contributed by atoms with Gasteiger partial charge in [-0.05, 0) is 6.42 Å². The molecule has 0 saturated carbocycles. The molecule has 0 bridgehead atoms. The maximum Gasteiger partial charge on any atom is 0.304 e. The Hall–Kier alpha value is -0.570. The molecule has 1 unspecified atom stereocenters. The van der Waals surface area contributed by atoms with Gasteiger partial charge in [0.15, 0.2) is 0 Å². The summed E-state index contributed by atoms with van der Waals surface area (Å²) >= 11 is 0. The summed E-state index contributed by atoms with van der Waals surface area (Å²) in [4.78, 5) is 10.3. The standard InChI is InChI=1S/C12H25NO2/c1-2-3-4-5-6-7-8-9-11(13)10-12(14)15/h11H,2-10,13H2,1H3,(H,14,15). The Morgan fingerprint density at radius 3 is 2.20 bits per heavy atom. The summed E-state index contributed by atoms with van der Waals surface area (Å²) < 4.78 is 0. The van der Waals surface area contributed by atoms with E-state index in [0.717, 1.165) is 12.8 Å². The summed E-state index contributed by atoms with van der Waals surface area (Å²) in [6.45, 7) is 2.21. The molecule has 0 rings (SSSR count). The minimum absolute atomic E-state index is 0.107. The Morgan fingerprint density at radius 1 is 1.13 bits per heavy atom. The van der Waals surface area contributed by atoms with Gasteiger partial charge in [-0.25, -0.2) is 0 Å². The summed E-state index contributed by atoms with van der Waals surface area (Å²) in [5.41, 5.74) is 5.66. The van der Waals surface area contributed by atoms with E-state index in [4.69, 9.17) is 10.8 Å². The maximum atomic E-state index is 10.3. The van der Waals surface area contributed by atoms with E-state index in [2.05, 4.69) is 6.92 Å². The van der Waals surface area contributed by atoms with Crippen molar-refractivity contribution in [3.63, 3.8) is 0 Å². The van der Waals surface area contributed by atoms with Gasteiger partial charge in [-0.1, -0.05) is 51.9 Å². The number of carboxylic acid groups (broad SMARTS) is 1. The Bertz CT molecular complexity index is 160. The second-order valence-electron chi connectivity index (χ2n) is 4.27. The Kier molecular flexibility index (Phi) is 9.59. The minimum Gasteiger partial charge on any atom is -0.481 e.